The monoisotopic (exact) mass is 1120 g/mol. The molecule has 370 valence electrons. The van der Waals surface area contributed by atoms with Gasteiger partial charge in [0.1, 0.15) is 5.82 Å². The average Bonchev–Trinajstić information content (AvgIpc) is 3.92. The molecule has 0 radical (unpaired) electrons. The van der Waals surface area contributed by atoms with Crippen LogP contribution in [-0.4, -0.2) is 9.55 Å². The SMILES string of the molecule is CC(C)c1cccc(C(C)C)c1-c1cc(Oc2[c-]c3c(cc2)c2cc(C(C)(C)c4ccccc4)ccc2n3-c2cc(C(C)(C)C)ccn2)[c-]c(N2[CH-]N(c3cccc(C(C)(C)C)c3)C=C2C(C)(C)C)c1.[Pt]. The molecule has 71 heavy (non-hydrogen) atoms. The van der Waals surface area contributed by atoms with Gasteiger partial charge in [-0.3, -0.25) is 0 Å². The van der Waals surface area contributed by atoms with Crippen molar-refractivity contribution in [1.82, 2.24) is 9.55 Å². The molecule has 0 atom stereocenters. The first-order valence-electron chi connectivity index (χ1n) is 25.2. The summed E-state index contributed by atoms with van der Waals surface area (Å²) < 4.78 is 9.38. The van der Waals surface area contributed by atoms with Crippen molar-refractivity contribution >= 4 is 33.2 Å². The normalized spacial score (nSPS) is 13.7. The number of benzene rings is 6. The van der Waals surface area contributed by atoms with Crippen LogP contribution < -0.4 is 14.5 Å². The third-order valence-electron chi connectivity index (χ3n) is 14.2. The molecule has 6 heteroatoms. The molecule has 0 saturated heterocycles. The Balaban J connectivity index is 0.00000676. The molecule has 0 N–H and O–H groups in total. The number of fused-ring (bicyclic) bond motifs is 3. The Kier molecular flexibility index (Phi) is 14.0. The number of hydrogen-bond acceptors (Lipinski definition) is 4. The molecule has 6 aromatic carbocycles. The number of rotatable bonds is 10. The first kappa shape index (κ1) is 51.5. The van der Waals surface area contributed by atoms with Gasteiger partial charge in [0.2, 0.25) is 0 Å². The van der Waals surface area contributed by atoms with Crippen molar-refractivity contribution in [1.29, 1.82) is 0 Å². The standard InChI is InChI=1S/C65H71N4O.Pt/c1-42(2)53-25-20-26-54(43(3)4)61(53)44-33-50(68-41-67(40-59(68)64(11,12)13)49-24-19-23-46(35-49)62(5,6)7)38-52(34-44)70-51-28-29-55-56-36-48(65(14,15)45-21-17-16-18-22-45)27-30-57(56)69(58(55)39-51)60-37-47(31-32-66-60)63(8,9)10;/h16-37,40-43H,1-15H3;/q-3;. The van der Waals surface area contributed by atoms with Crippen LogP contribution in [0.4, 0.5) is 11.4 Å². The van der Waals surface area contributed by atoms with E-state index in [4.69, 9.17) is 9.72 Å². The molecule has 0 aliphatic carbocycles. The summed E-state index contributed by atoms with van der Waals surface area (Å²) in [4.78, 5) is 9.59. The van der Waals surface area contributed by atoms with Crippen LogP contribution in [0.2, 0.25) is 0 Å². The van der Waals surface area contributed by atoms with Gasteiger partial charge < -0.3 is 19.1 Å². The quantitative estimate of drug-likeness (QED) is 0.128. The third kappa shape index (κ3) is 10.1. The summed E-state index contributed by atoms with van der Waals surface area (Å²) in [5.74, 6) is 2.69. The smallest absolute Gasteiger partial charge is 0.135 e. The Morgan fingerprint density at radius 1 is 0.563 bits per heavy atom. The Bertz CT molecular complexity index is 3240. The van der Waals surface area contributed by atoms with E-state index in [1.54, 1.807) is 0 Å². The van der Waals surface area contributed by atoms with Crippen molar-refractivity contribution < 1.29 is 25.8 Å². The topological polar surface area (TPSA) is 33.5 Å². The van der Waals surface area contributed by atoms with Gasteiger partial charge in [0.05, 0.1) is 0 Å². The second-order valence-electron chi connectivity index (χ2n) is 23.6. The molecule has 9 rings (SSSR count). The Morgan fingerprint density at radius 3 is 1.86 bits per heavy atom. The number of aromatic nitrogens is 2. The number of ether oxygens (including phenoxy) is 1. The zero-order valence-electron chi connectivity index (χ0n) is 44.5. The second kappa shape index (κ2) is 19.3. The fourth-order valence-electron chi connectivity index (χ4n) is 9.94. The Labute approximate surface area is 439 Å². The van der Waals surface area contributed by atoms with Crippen LogP contribution in [0, 0.1) is 24.2 Å². The predicted octanol–water partition coefficient (Wildman–Crippen LogP) is 17.7. The van der Waals surface area contributed by atoms with Crippen molar-refractivity contribution in [2.75, 3.05) is 9.80 Å². The van der Waals surface area contributed by atoms with Gasteiger partial charge in [-0.2, -0.15) is 6.07 Å². The van der Waals surface area contributed by atoms with Crippen LogP contribution >= 0.6 is 0 Å². The molecule has 8 aromatic rings. The van der Waals surface area contributed by atoms with E-state index in [0.29, 0.717) is 23.3 Å². The maximum absolute atomic E-state index is 7.12. The molecule has 1 aliphatic heterocycles. The molecule has 0 bridgehead atoms. The molecule has 0 fully saturated rings. The van der Waals surface area contributed by atoms with Gasteiger partial charge in [0, 0.05) is 66.5 Å². The predicted molar refractivity (Wildman–Crippen MR) is 296 cm³/mol. The molecule has 1 aliphatic rings. The molecule has 0 spiro atoms. The van der Waals surface area contributed by atoms with Crippen LogP contribution in [0.25, 0.3) is 38.8 Å². The van der Waals surface area contributed by atoms with Crippen molar-refractivity contribution in [3.05, 3.63) is 198 Å². The van der Waals surface area contributed by atoms with E-state index in [1.807, 2.05) is 6.20 Å². The van der Waals surface area contributed by atoms with Gasteiger partial charge in [-0.05, 0) is 104 Å². The molecule has 0 amide bonds. The zero-order valence-corrected chi connectivity index (χ0v) is 46.8. The van der Waals surface area contributed by atoms with Crippen LogP contribution in [0.1, 0.15) is 149 Å². The number of hydrogen-bond donors (Lipinski definition) is 0. The zero-order chi connectivity index (χ0) is 50.1. The van der Waals surface area contributed by atoms with Gasteiger partial charge in [0.25, 0.3) is 0 Å². The molecule has 0 saturated carbocycles. The molecular weight excluding hydrogens is 1050 g/mol. The van der Waals surface area contributed by atoms with Gasteiger partial charge in [-0.25, -0.2) is 4.98 Å². The van der Waals surface area contributed by atoms with E-state index in [0.717, 1.165) is 50.3 Å². The average molecular weight is 1120 g/mol. The minimum Gasteiger partial charge on any atom is -0.509 e. The van der Waals surface area contributed by atoms with Crippen molar-refractivity contribution in [2.45, 2.75) is 132 Å². The van der Waals surface area contributed by atoms with E-state index in [2.05, 4.69) is 271 Å². The van der Waals surface area contributed by atoms with Crippen LogP contribution in [0.5, 0.6) is 11.5 Å². The van der Waals surface area contributed by atoms with Crippen LogP contribution in [0.15, 0.2) is 145 Å². The second-order valence-corrected chi connectivity index (χ2v) is 23.6. The maximum atomic E-state index is 7.12. The Morgan fingerprint density at radius 2 is 1.21 bits per heavy atom. The van der Waals surface area contributed by atoms with E-state index in [9.17, 15) is 0 Å². The minimum atomic E-state index is -0.217. The van der Waals surface area contributed by atoms with Crippen LogP contribution in [-0.2, 0) is 37.3 Å². The summed E-state index contributed by atoms with van der Waals surface area (Å²) in [7, 11) is 0. The van der Waals surface area contributed by atoms with Gasteiger partial charge >= 0.3 is 0 Å². The summed E-state index contributed by atoms with van der Waals surface area (Å²) in [6, 6.07) is 54.0. The number of nitrogens with zero attached hydrogens (tertiary/aromatic N) is 4. The molecular formula is C65H71N4OPt-3. The molecule has 2 aromatic heterocycles. The largest absolute Gasteiger partial charge is 0.509 e. The van der Waals surface area contributed by atoms with Gasteiger partial charge in [-0.1, -0.05) is 182 Å². The van der Waals surface area contributed by atoms with Gasteiger partial charge in [-0.15, -0.1) is 53.6 Å². The molecule has 5 nitrogen and oxygen atoms in total. The van der Waals surface area contributed by atoms with Gasteiger partial charge in [0.15, 0.2) is 0 Å². The first-order chi connectivity index (χ1) is 33.0. The molecule has 0 unspecified atom stereocenters. The van der Waals surface area contributed by atoms with Crippen molar-refractivity contribution in [3.63, 3.8) is 0 Å². The third-order valence-corrected chi connectivity index (χ3v) is 14.2. The summed E-state index contributed by atoms with van der Waals surface area (Å²) in [6.07, 6.45) is 4.21. The number of pyridine rings is 1. The molecule has 3 heterocycles. The fraction of sp³-hybridized carbons (Fsp3) is 0.323. The van der Waals surface area contributed by atoms with Crippen LogP contribution in [0.3, 0.4) is 0 Å². The van der Waals surface area contributed by atoms with E-state index >= 15 is 0 Å². The van der Waals surface area contributed by atoms with E-state index < -0.39 is 0 Å². The summed E-state index contributed by atoms with van der Waals surface area (Å²) in [5, 5.41) is 2.23. The van der Waals surface area contributed by atoms with E-state index in [-0.39, 0.29) is 42.7 Å². The minimum absolute atomic E-state index is 0. The maximum Gasteiger partial charge on any atom is 0.135 e. The first-order valence-corrected chi connectivity index (χ1v) is 25.2. The van der Waals surface area contributed by atoms with E-state index in [1.165, 1.54) is 38.9 Å². The number of anilines is 2. The summed E-state index contributed by atoms with van der Waals surface area (Å²) in [5.41, 5.74) is 14.7. The summed E-state index contributed by atoms with van der Waals surface area (Å²) in [6.45, 7) is 36.4. The number of allylic oxidation sites excluding steroid dienone is 1. The Hall–Kier alpha value is -5.90. The van der Waals surface area contributed by atoms with Crippen molar-refractivity contribution in [2.24, 2.45) is 5.41 Å². The van der Waals surface area contributed by atoms with Crippen molar-refractivity contribution in [3.8, 4) is 28.4 Å². The summed E-state index contributed by atoms with van der Waals surface area (Å²) >= 11 is 0. The fourth-order valence-corrected chi connectivity index (χ4v) is 9.94.